The lowest BCUT2D eigenvalue weighted by molar-refractivity contribution is -0.135. The van der Waals surface area contributed by atoms with Crippen LogP contribution in [0.25, 0.3) is 0 Å². The van der Waals surface area contributed by atoms with Gasteiger partial charge in [-0.05, 0) is 42.9 Å². The van der Waals surface area contributed by atoms with Crippen LogP contribution < -0.4 is 0 Å². The van der Waals surface area contributed by atoms with Crippen LogP contribution in [0.2, 0.25) is 0 Å². The largest absolute Gasteiger partial charge is 0.372 e. The molecule has 1 heterocycles. The topological polar surface area (TPSA) is 29.5 Å². The first-order chi connectivity index (χ1) is 10.6. The molecule has 0 radical (unpaired) electrons. The van der Waals surface area contributed by atoms with Gasteiger partial charge in [-0.1, -0.05) is 13.3 Å². The molecule has 1 amide bonds. The van der Waals surface area contributed by atoms with E-state index < -0.39 is 11.6 Å². The van der Waals surface area contributed by atoms with Crippen LogP contribution >= 0.6 is 0 Å². The van der Waals surface area contributed by atoms with Gasteiger partial charge in [0.2, 0.25) is 5.91 Å². The van der Waals surface area contributed by atoms with Gasteiger partial charge in [0.05, 0.1) is 0 Å². The van der Waals surface area contributed by atoms with Crippen molar-refractivity contribution >= 4 is 5.91 Å². The number of nitrogens with zero attached hydrogens (tertiary/aromatic N) is 1. The third-order valence-corrected chi connectivity index (χ3v) is 3.95. The van der Waals surface area contributed by atoms with Crippen LogP contribution in [0.15, 0.2) is 18.2 Å². The second-order valence-electron chi connectivity index (χ2n) is 5.88. The molecule has 0 bridgehead atoms. The zero-order chi connectivity index (χ0) is 15.9. The Morgan fingerprint density at radius 2 is 2.05 bits per heavy atom. The Hall–Kier alpha value is -1.49. The fourth-order valence-corrected chi connectivity index (χ4v) is 2.79. The van der Waals surface area contributed by atoms with E-state index in [1.807, 2.05) is 0 Å². The molecule has 1 fully saturated rings. The Morgan fingerprint density at radius 3 is 2.73 bits per heavy atom. The Bertz CT molecular complexity index is 487. The number of halogens is 2. The summed E-state index contributed by atoms with van der Waals surface area (Å²) in [4.78, 5) is 13.8. The van der Waals surface area contributed by atoms with E-state index in [2.05, 4.69) is 6.92 Å². The van der Waals surface area contributed by atoms with Crippen molar-refractivity contribution in [2.24, 2.45) is 5.92 Å². The molecule has 3 nitrogen and oxygen atoms in total. The lowest BCUT2D eigenvalue weighted by Crippen LogP contribution is -2.32. The highest BCUT2D eigenvalue weighted by molar-refractivity contribution is 5.77. The summed E-state index contributed by atoms with van der Waals surface area (Å²) in [6, 6.07) is 3.60. The zero-order valence-corrected chi connectivity index (χ0v) is 13.0. The monoisotopic (exact) mass is 311 g/mol. The number of hydrogen-bond acceptors (Lipinski definition) is 2. The Labute approximate surface area is 130 Å². The molecular weight excluding hydrogens is 288 g/mol. The summed E-state index contributed by atoms with van der Waals surface area (Å²) >= 11 is 0. The normalized spacial score (nSPS) is 18.0. The van der Waals surface area contributed by atoms with Crippen LogP contribution in [0.1, 0.15) is 31.7 Å². The highest BCUT2D eigenvalue weighted by Gasteiger charge is 2.26. The minimum absolute atomic E-state index is 0.00373. The average molecular weight is 311 g/mol. The Balaban J connectivity index is 1.78. The maximum atomic E-state index is 13.2. The van der Waals surface area contributed by atoms with Gasteiger partial charge in [-0.15, -0.1) is 0 Å². The van der Waals surface area contributed by atoms with Crippen LogP contribution in [-0.4, -0.2) is 37.1 Å². The molecule has 2 rings (SSSR count). The number of likely N-dealkylation sites (tertiary alicyclic amines) is 1. The van der Waals surface area contributed by atoms with Crippen molar-refractivity contribution in [1.82, 2.24) is 4.90 Å². The lowest BCUT2D eigenvalue weighted by atomic mass is 9.98. The molecule has 1 saturated heterocycles. The molecule has 1 aliphatic rings. The smallest absolute Gasteiger partial charge is 0.248 e. The molecule has 1 atom stereocenters. The molecule has 0 saturated carbocycles. The Morgan fingerprint density at radius 1 is 1.32 bits per heavy atom. The highest BCUT2D eigenvalue weighted by atomic mass is 19.1. The summed E-state index contributed by atoms with van der Waals surface area (Å²) in [5.74, 6) is -0.847. The quantitative estimate of drug-likeness (QED) is 0.724. The molecule has 5 heteroatoms. The van der Waals surface area contributed by atoms with E-state index in [0.717, 1.165) is 25.3 Å². The third-order valence-electron chi connectivity index (χ3n) is 3.95. The van der Waals surface area contributed by atoms with Crippen molar-refractivity contribution in [3.05, 3.63) is 35.4 Å². The molecule has 0 aliphatic carbocycles. The summed E-state index contributed by atoms with van der Waals surface area (Å²) in [5.41, 5.74) is 0.649. The van der Waals surface area contributed by atoms with Gasteiger partial charge in [0, 0.05) is 25.8 Å². The van der Waals surface area contributed by atoms with Gasteiger partial charge in [0.15, 0.2) is 0 Å². The SMILES string of the molecule is CCCCOCC(=O)N1CCC(Cc2cc(F)cc(F)c2)C1. The molecule has 1 aliphatic heterocycles. The average Bonchev–Trinajstić information content (AvgIpc) is 2.91. The van der Waals surface area contributed by atoms with E-state index in [1.54, 1.807) is 4.90 Å². The highest BCUT2D eigenvalue weighted by Crippen LogP contribution is 2.22. The van der Waals surface area contributed by atoms with Crippen LogP contribution in [0.3, 0.4) is 0 Å². The van der Waals surface area contributed by atoms with Gasteiger partial charge in [-0.3, -0.25) is 4.79 Å². The summed E-state index contributed by atoms with van der Waals surface area (Å²) in [6.45, 7) is 4.14. The zero-order valence-electron chi connectivity index (χ0n) is 13.0. The van der Waals surface area contributed by atoms with E-state index >= 15 is 0 Å². The van der Waals surface area contributed by atoms with Crippen LogP contribution in [0.4, 0.5) is 8.78 Å². The van der Waals surface area contributed by atoms with E-state index in [0.29, 0.717) is 31.7 Å². The number of ether oxygens (including phenoxy) is 1. The molecule has 22 heavy (non-hydrogen) atoms. The van der Waals surface area contributed by atoms with Crippen molar-refractivity contribution in [3.63, 3.8) is 0 Å². The minimum Gasteiger partial charge on any atom is -0.372 e. The van der Waals surface area contributed by atoms with Crippen molar-refractivity contribution in [3.8, 4) is 0 Å². The number of amides is 1. The number of hydrogen-bond donors (Lipinski definition) is 0. The standard InChI is InChI=1S/C17H23F2NO2/c1-2-3-6-22-12-17(21)20-5-4-13(11-20)7-14-8-15(18)10-16(19)9-14/h8-10,13H,2-7,11-12H2,1H3. The minimum atomic E-state index is -0.551. The number of carbonyl (C=O) groups excluding carboxylic acids is 1. The first kappa shape index (κ1) is 16.9. The van der Waals surface area contributed by atoms with Gasteiger partial charge in [0.25, 0.3) is 0 Å². The molecule has 122 valence electrons. The fraction of sp³-hybridized carbons (Fsp3) is 0.588. The van der Waals surface area contributed by atoms with Gasteiger partial charge in [0.1, 0.15) is 18.2 Å². The summed E-state index contributed by atoms with van der Waals surface area (Å²) in [7, 11) is 0. The maximum absolute atomic E-state index is 13.2. The van der Waals surface area contributed by atoms with Crippen molar-refractivity contribution in [2.45, 2.75) is 32.6 Å². The van der Waals surface area contributed by atoms with E-state index in [9.17, 15) is 13.6 Å². The first-order valence-electron chi connectivity index (χ1n) is 7.89. The van der Waals surface area contributed by atoms with Crippen molar-refractivity contribution in [2.75, 3.05) is 26.3 Å². The first-order valence-corrected chi connectivity index (χ1v) is 7.89. The molecule has 0 aromatic heterocycles. The van der Waals surface area contributed by atoms with Crippen LogP contribution in [0.5, 0.6) is 0 Å². The predicted octanol–water partition coefficient (Wildman–Crippen LogP) is 3.17. The second kappa shape index (κ2) is 8.22. The molecule has 0 N–H and O–H groups in total. The fourth-order valence-electron chi connectivity index (χ4n) is 2.79. The third kappa shape index (κ3) is 5.05. The van der Waals surface area contributed by atoms with Gasteiger partial charge >= 0.3 is 0 Å². The number of benzene rings is 1. The summed E-state index contributed by atoms with van der Waals surface area (Å²) < 4.78 is 31.7. The summed E-state index contributed by atoms with van der Waals surface area (Å²) in [6.07, 6.45) is 3.46. The van der Waals surface area contributed by atoms with Crippen LogP contribution in [-0.2, 0) is 16.0 Å². The second-order valence-corrected chi connectivity index (χ2v) is 5.88. The van der Waals surface area contributed by atoms with Gasteiger partial charge in [-0.2, -0.15) is 0 Å². The number of rotatable bonds is 7. The molecule has 1 aromatic carbocycles. The number of carbonyl (C=O) groups is 1. The molecular formula is C17H23F2NO2. The molecule has 0 spiro atoms. The van der Waals surface area contributed by atoms with E-state index in [1.165, 1.54) is 12.1 Å². The molecule has 1 aromatic rings. The van der Waals surface area contributed by atoms with Crippen molar-refractivity contribution in [1.29, 1.82) is 0 Å². The van der Waals surface area contributed by atoms with Crippen molar-refractivity contribution < 1.29 is 18.3 Å². The van der Waals surface area contributed by atoms with E-state index in [4.69, 9.17) is 4.74 Å². The Kier molecular flexibility index (Phi) is 6.31. The molecule has 1 unspecified atom stereocenters. The predicted molar refractivity (Wildman–Crippen MR) is 80.5 cm³/mol. The lowest BCUT2D eigenvalue weighted by Gasteiger charge is -2.16. The van der Waals surface area contributed by atoms with Crippen LogP contribution in [0, 0.1) is 17.6 Å². The maximum Gasteiger partial charge on any atom is 0.248 e. The van der Waals surface area contributed by atoms with Gasteiger partial charge in [-0.25, -0.2) is 8.78 Å². The summed E-state index contributed by atoms with van der Waals surface area (Å²) in [5, 5.41) is 0. The van der Waals surface area contributed by atoms with Gasteiger partial charge < -0.3 is 9.64 Å². The number of unbranched alkanes of at least 4 members (excludes halogenated alkanes) is 1. The van der Waals surface area contributed by atoms with E-state index in [-0.39, 0.29) is 18.4 Å².